The number of benzene rings is 2. The molecule has 0 saturated carbocycles. The first-order valence-corrected chi connectivity index (χ1v) is 8.47. The first kappa shape index (κ1) is 17.1. The van der Waals surface area contributed by atoms with Crippen LogP contribution in [0.5, 0.6) is 5.75 Å². The average Bonchev–Trinajstić information content (AvgIpc) is 2.53. The van der Waals surface area contributed by atoms with Crippen molar-refractivity contribution in [3.05, 3.63) is 65.5 Å². The van der Waals surface area contributed by atoms with Gasteiger partial charge in [0, 0.05) is 22.1 Å². The molecule has 0 unspecified atom stereocenters. The topological polar surface area (TPSA) is 69.4 Å². The summed E-state index contributed by atoms with van der Waals surface area (Å²) in [6.45, 7) is 1.53. The zero-order valence-electron chi connectivity index (χ0n) is 12.7. The first-order chi connectivity index (χ1) is 11.0. The molecule has 0 aromatic heterocycles. The van der Waals surface area contributed by atoms with Crippen LogP contribution in [-0.2, 0) is 21.3 Å². The molecule has 0 saturated heterocycles. The Kier molecular flexibility index (Phi) is 5.87. The van der Waals surface area contributed by atoms with Crippen LogP contribution in [0.3, 0.4) is 0 Å². The Morgan fingerprint density at radius 1 is 1.26 bits per heavy atom. The largest absolute Gasteiger partial charge is 0.484 e. The highest BCUT2D eigenvalue weighted by Gasteiger charge is 2.17. The van der Waals surface area contributed by atoms with Crippen molar-refractivity contribution < 1.29 is 18.1 Å². The summed E-state index contributed by atoms with van der Waals surface area (Å²) in [4.78, 5) is 10.7. The highest BCUT2D eigenvalue weighted by Crippen LogP contribution is 2.25. The second-order valence-electron chi connectivity index (χ2n) is 5.09. The fourth-order valence-corrected chi connectivity index (χ4v) is 3.35. The van der Waals surface area contributed by atoms with Gasteiger partial charge in [-0.2, -0.15) is 0 Å². The smallest absolute Gasteiger partial charge is 0.255 e. The minimum atomic E-state index is -1.29. The number of nitrogens with two attached hydrogens (primary N) is 1. The maximum Gasteiger partial charge on any atom is 0.255 e. The zero-order chi connectivity index (χ0) is 16.8. The molecule has 0 aliphatic rings. The van der Waals surface area contributed by atoms with Crippen molar-refractivity contribution in [1.29, 1.82) is 0 Å². The van der Waals surface area contributed by atoms with E-state index in [1.807, 2.05) is 6.07 Å². The number of hydrogen-bond donors (Lipinski definition) is 1. The van der Waals surface area contributed by atoms with E-state index < -0.39 is 22.0 Å². The van der Waals surface area contributed by atoms with Crippen LogP contribution in [0.2, 0.25) is 0 Å². The lowest BCUT2D eigenvalue weighted by atomic mass is 10.1. The summed E-state index contributed by atoms with van der Waals surface area (Å²) in [6.07, 6.45) is 0. The van der Waals surface area contributed by atoms with Gasteiger partial charge >= 0.3 is 0 Å². The number of amides is 1. The molecule has 2 atom stereocenters. The lowest BCUT2D eigenvalue weighted by Crippen LogP contribution is -2.20. The number of ether oxygens (including phenoxy) is 1. The van der Waals surface area contributed by atoms with Crippen molar-refractivity contribution in [3.63, 3.8) is 0 Å². The van der Waals surface area contributed by atoms with Gasteiger partial charge in [0.2, 0.25) is 0 Å². The molecule has 0 heterocycles. The molecule has 0 bridgehead atoms. The summed E-state index contributed by atoms with van der Waals surface area (Å²) >= 11 is 0. The predicted molar refractivity (Wildman–Crippen MR) is 87.8 cm³/mol. The van der Waals surface area contributed by atoms with Crippen LogP contribution in [0.1, 0.15) is 23.3 Å². The lowest BCUT2D eigenvalue weighted by molar-refractivity contribution is -0.119. The normalized spacial score (nSPS) is 13.3. The second kappa shape index (κ2) is 7.87. The monoisotopic (exact) mass is 335 g/mol. The lowest BCUT2D eigenvalue weighted by Gasteiger charge is -2.13. The van der Waals surface area contributed by atoms with Crippen molar-refractivity contribution in [1.82, 2.24) is 0 Å². The van der Waals surface area contributed by atoms with Gasteiger partial charge in [-0.25, -0.2) is 4.39 Å². The Balaban J connectivity index is 2.06. The number of carbonyl (C=O) groups excluding carboxylic acids is 1. The van der Waals surface area contributed by atoms with Crippen LogP contribution in [0.25, 0.3) is 0 Å². The number of hydrogen-bond acceptors (Lipinski definition) is 3. The van der Waals surface area contributed by atoms with Gasteiger partial charge in [-0.05, 0) is 30.7 Å². The summed E-state index contributed by atoms with van der Waals surface area (Å²) in [7, 11) is -1.29. The minimum absolute atomic E-state index is 0.210. The molecule has 2 rings (SSSR count). The van der Waals surface area contributed by atoms with E-state index in [2.05, 4.69) is 0 Å². The third-order valence-electron chi connectivity index (χ3n) is 3.33. The third-order valence-corrected chi connectivity index (χ3v) is 4.99. The van der Waals surface area contributed by atoms with Crippen molar-refractivity contribution >= 4 is 16.7 Å². The van der Waals surface area contributed by atoms with E-state index in [0.717, 1.165) is 5.56 Å². The molecular weight excluding hydrogens is 317 g/mol. The third kappa shape index (κ3) is 4.89. The highest BCUT2D eigenvalue weighted by atomic mass is 32.2. The van der Waals surface area contributed by atoms with Gasteiger partial charge in [-0.3, -0.25) is 9.00 Å². The van der Waals surface area contributed by atoms with E-state index in [1.54, 1.807) is 43.3 Å². The minimum Gasteiger partial charge on any atom is -0.484 e. The van der Waals surface area contributed by atoms with E-state index in [1.165, 1.54) is 6.07 Å². The number of primary amides is 1. The molecule has 122 valence electrons. The Morgan fingerprint density at radius 3 is 2.70 bits per heavy atom. The van der Waals surface area contributed by atoms with Gasteiger partial charge in [0.15, 0.2) is 6.61 Å². The number of rotatable bonds is 7. The van der Waals surface area contributed by atoms with Gasteiger partial charge in [0.25, 0.3) is 5.91 Å². The molecule has 2 N–H and O–H groups in total. The standard InChI is InChI=1S/C17H18FNO3S/c1-12(15-7-2-3-8-16(15)18)23(21)11-13-5-4-6-14(9-13)22-10-17(19)20/h2-9,12H,10-11H2,1H3,(H2,19,20)/t12-,23+/m1/s1. The second-order valence-corrected chi connectivity index (χ2v) is 6.85. The van der Waals surface area contributed by atoms with Gasteiger partial charge in [0.05, 0.1) is 5.25 Å². The average molecular weight is 335 g/mol. The van der Waals surface area contributed by atoms with Crippen LogP contribution in [-0.4, -0.2) is 16.7 Å². The van der Waals surface area contributed by atoms with Crippen LogP contribution in [0.15, 0.2) is 48.5 Å². The molecule has 0 fully saturated rings. The summed E-state index contributed by atoms with van der Waals surface area (Å²) in [6, 6.07) is 13.3. The Labute approximate surface area is 136 Å². The summed E-state index contributed by atoms with van der Waals surface area (Å²) in [5, 5.41) is -0.425. The number of carbonyl (C=O) groups is 1. The van der Waals surface area contributed by atoms with Crippen LogP contribution in [0, 0.1) is 5.82 Å². The van der Waals surface area contributed by atoms with E-state index in [9.17, 15) is 13.4 Å². The van der Waals surface area contributed by atoms with Crippen LogP contribution in [0.4, 0.5) is 4.39 Å². The zero-order valence-corrected chi connectivity index (χ0v) is 13.5. The van der Waals surface area contributed by atoms with E-state index in [4.69, 9.17) is 10.5 Å². The number of halogens is 1. The Morgan fingerprint density at radius 2 is 2.00 bits per heavy atom. The molecule has 0 spiro atoms. The van der Waals surface area contributed by atoms with Crippen molar-refractivity contribution in [2.75, 3.05) is 6.61 Å². The fraction of sp³-hybridized carbons (Fsp3) is 0.235. The van der Waals surface area contributed by atoms with Gasteiger partial charge in [-0.15, -0.1) is 0 Å². The molecule has 0 radical (unpaired) electrons. The fourth-order valence-electron chi connectivity index (χ4n) is 2.12. The van der Waals surface area contributed by atoms with E-state index >= 15 is 0 Å². The molecule has 1 amide bonds. The van der Waals surface area contributed by atoms with Gasteiger partial charge in [-0.1, -0.05) is 30.3 Å². The maximum absolute atomic E-state index is 13.8. The van der Waals surface area contributed by atoms with Crippen molar-refractivity contribution in [3.8, 4) is 5.75 Å². The molecule has 2 aromatic rings. The summed E-state index contributed by atoms with van der Waals surface area (Å²) < 4.78 is 31.5. The summed E-state index contributed by atoms with van der Waals surface area (Å²) in [5.74, 6) is -0.167. The molecule has 0 aliphatic carbocycles. The maximum atomic E-state index is 13.8. The van der Waals surface area contributed by atoms with Crippen molar-refractivity contribution in [2.45, 2.75) is 17.9 Å². The molecule has 0 aliphatic heterocycles. The van der Waals surface area contributed by atoms with Gasteiger partial charge < -0.3 is 10.5 Å². The Hall–Kier alpha value is -2.21. The van der Waals surface area contributed by atoms with Crippen LogP contribution < -0.4 is 10.5 Å². The van der Waals surface area contributed by atoms with Crippen molar-refractivity contribution in [2.24, 2.45) is 5.73 Å². The molecule has 23 heavy (non-hydrogen) atoms. The first-order valence-electron chi connectivity index (χ1n) is 7.09. The van der Waals surface area contributed by atoms with E-state index in [0.29, 0.717) is 11.3 Å². The molecule has 4 nitrogen and oxygen atoms in total. The molecule has 2 aromatic carbocycles. The van der Waals surface area contributed by atoms with E-state index in [-0.39, 0.29) is 18.2 Å². The Bertz CT molecular complexity index is 720. The summed E-state index contributed by atoms with van der Waals surface area (Å²) in [5.41, 5.74) is 6.25. The quantitative estimate of drug-likeness (QED) is 0.846. The molecule has 6 heteroatoms. The molecular formula is C17H18FNO3S. The predicted octanol–water partition coefficient (Wildman–Crippen LogP) is 2.70. The van der Waals surface area contributed by atoms with Gasteiger partial charge in [0.1, 0.15) is 11.6 Å². The SMILES string of the molecule is C[C@H](c1ccccc1F)[S@@](=O)Cc1cccc(OCC(N)=O)c1. The highest BCUT2D eigenvalue weighted by molar-refractivity contribution is 7.84. The van der Waals surface area contributed by atoms with Crippen LogP contribution >= 0.6 is 0 Å².